The van der Waals surface area contributed by atoms with E-state index < -0.39 is 85.1 Å². The van der Waals surface area contributed by atoms with Crippen molar-refractivity contribution in [2.45, 2.75) is 54.6 Å². The van der Waals surface area contributed by atoms with Crippen LogP contribution in [0, 0.1) is 0 Å². The molecule has 1 heterocycles. The molecule has 1 saturated heterocycles. The Hall–Kier alpha value is -2.44. The van der Waals surface area contributed by atoms with E-state index in [1.807, 2.05) is 0 Å². The van der Waals surface area contributed by atoms with Gasteiger partial charge in [0, 0.05) is 13.1 Å². The van der Waals surface area contributed by atoms with Crippen molar-refractivity contribution in [2.24, 2.45) is 22.9 Å². The number of hydrogen-bond acceptors (Lipinski definition) is 12. The molecule has 208 valence electrons. The smallest absolute Gasteiger partial charge is 0.306 e. The van der Waals surface area contributed by atoms with Crippen molar-refractivity contribution in [3.05, 3.63) is 0 Å². The Morgan fingerprint density at radius 1 is 0.833 bits per heavy atom. The molecule has 0 amide bonds. The van der Waals surface area contributed by atoms with Gasteiger partial charge < -0.3 is 62.3 Å². The van der Waals surface area contributed by atoms with E-state index in [-0.39, 0.29) is 39.5 Å². The van der Waals surface area contributed by atoms with Crippen molar-refractivity contribution >= 4 is 23.9 Å². The zero-order valence-electron chi connectivity index (χ0n) is 19.8. The molecule has 3 atom stereocenters. The number of carbonyl (C=O) groups is 4. The molecule has 0 radical (unpaired) electrons. The van der Waals surface area contributed by atoms with Gasteiger partial charge in [0.25, 0.3) is 0 Å². The fraction of sp³-hybridized carbons (Fsp3) is 0.800. The van der Waals surface area contributed by atoms with Gasteiger partial charge in [0.05, 0.1) is 70.8 Å². The number of carboxylic acids is 4. The van der Waals surface area contributed by atoms with Crippen LogP contribution in [-0.4, -0.2) is 119 Å². The summed E-state index contributed by atoms with van der Waals surface area (Å²) in [5.41, 5.74) is 17.1. The summed E-state index contributed by atoms with van der Waals surface area (Å²) >= 11 is 0. The summed E-state index contributed by atoms with van der Waals surface area (Å²) in [6.45, 7) is -1.31. The number of nitrogens with two attached hydrogens (primary N) is 4. The third-order valence-electron chi connectivity index (χ3n) is 5.94. The first kappa shape index (κ1) is 31.6. The van der Waals surface area contributed by atoms with Crippen LogP contribution < -0.4 is 22.9 Å². The van der Waals surface area contributed by atoms with E-state index in [1.165, 1.54) is 0 Å². The molecule has 0 bridgehead atoms. The van der Waals surface area contributed by atoms with E-state index in [2.05, 4.69) is 0 Å². The quantitative estimate of drug-likeness (QED) is 0.0816. The normalized spacial score (nSPS) is 21.4. The Morgan fingerprint density at radius 3 is 1.78 bits per heavy atom. The van der Waals surface area contributed by atoms with Gasteiger partial charge in [-0.2, -0.15) is 0 Å². The summed E-state index contributed by atoms with van der Waals surface area (Å²) < 4.78 is 22.8. The van der Waals surface area contributed by atoms with Gasteiger partial charge >= 0.3 is 23.9 Å². The molecule has 0 saturated carbocycles. The van der Waals surface area contributed by atoms with Gasteiger partial charge in [0.2, 0.25) is 0 Å². The Bertz CT molecular complexity index is 750. The molecule has 16 nitrogen and oxygen atoms in total. The summed E-state index contributed by atoms with van der Waals surface area (Å²) in [6, 6.07) is -3.29. The van der Waals surface area contributed by atoms with Gasteiger partial charge in [-0.25, -0.2) is 0 Å². The van der Waals surface area contributed by atoms with E-state index in [0.717, 1.165) is 0 Å². The summed E-state index contributed by atoms with van der Waals surface area (Å²) in [7, 11) is 0. The van der Waals surface area contributed by atoms with Gasteiger partial charge in [-0.15, -0.1) is 0 Å². The lowest BCUT2D eigenvalue weighted by molar-refractivity contribution is -0.300. The van der Waals surface area contributed by atoms with E-state index in [1.54, 1.807) is 0 Å². The summed E-state index contributed by atoms with van der Waals surface area (Å²) in [4.78, 5) is 47.6. The van der Waals surface area contributed by atoms with Crippen LogP contribution in [0.3, 0.4) is 0 Å². The molecule has 36 heavy (non-hydrogen) atoms. The molecule has 16 heteroatoms. The molecule has 1 aliphatic heterocycles. The molecule has 0 aromatic heterocycles. The van der Waals surface area contributed by atoms with Crippen LogP contribution in [0.4, 0.5) is 0 Å². The SMILES string of the molecule is NCCOCC(N)C1(C(N)C(CC(=O)O)(CC(=O)O)OCCN)OCCOC1(CC(=O)O)CC(=O)O. The van der Waals surface area contributed by atoms with Gasteiger partial charge in [-0.05, 0) is 0 Å². The molecule has 0 aromatic carbocycles. The molecule has 1 fully saturated rings. The molecule has 1 aliphatic rings. The highest BCUT2D eigenvalue weighted by atomic mass is 16.6. The van der Waals surface area contributed by atoms with Crippen LogP contribution in [0.25, 0.3) is 0 Å². The van der Waals surface area contributed by atoms with E-state index in [0.29, 0.717) is 0 Å². The van der Waals surface area contributed by atoms with Crippen LogP contribution >= 0.6 is 0 Å². The molecule has 3 unspecified atom stereocenters. The largest absolute Gasteiger partial charge is 0.481 e. The molecule has 0 aliphatic carbocycles. The van der Waals surface area contributed by atoms with Crippen molar-refractivity contribution < 1.29 is 58.6 Å². The second-order valence-electron chi connectivity index (χ2n) is 8.42. The highest BCUT2D eigenvalue weighted by molar-refractivity contribution is 5.75. The number of carboxylic acid groups (broad SMARTS) is 4. The van der Waals surface area contributed by atoms with Crippen molar-refractivity contribution in [3.8, 4) is 0 Å². The minimum atomic E-state index is -2.31. The molecule has 12 N–H and O–H groups in total. The maximum atomic E-state index is 11.9. The first-order valence-corrected chi connectivity index (χ1v) is 11.1. The first-order valence-electron chi connectivity index (χ1n) is 11.1. The fourth-order valence-electron chi connectivity index (χ4n) is 4.73. The zero-order valence-corrected chi connectivity index (χ0v) is 19.8. The first-order chi connectivity index (χ1) is 16.8. The second kappa shape index (κ2) is 13.8. The third-order valence-corrected chi connectivity index (χ3v) is 5.94. The lowest BCUT2D eigenvalue weighted by Crippen LogP contribution is -2.81. The van der Waals surface area contributed by atoms with Crippen LogP contribution in [-0.2, 0) is 38.1 Å². The molecule has 0 spiro atoms. The average molecular weight is 525 g/mol. The lowest BCUT2D eigenvalue weighted by Gasteiger charge is -2.59. The molecular weight excluding hydrogens is 488 g/mol. The monoisotopic (exact) mass is 524 g/mol. The highest BCUT2D eigenvalue weighted by Gasteiger charge is 2.68. The van der Waals surface area contributed by atoms with Crippen LogP contribution in [0.5, 0.6) is 0 Å². The maximum Gasteiger partial charge on any atom is 0.306 e. The van der Waals surface area contributed by atoms with Gasteiger partial charge in [0.1, 0.15) is 16.8 Å². The van der Waals surface area contributed by atoms with E-state index >= 15 is 0 Å². The minimum Gasteiger partial charge on any atom is -0.481 e. The number of rotatable bonds is 18. The predicted molar refractivity (Wildman–Crippen MR) is 120 cm³/mol. The van der Waals surface area contributed by atoms with Crippen molar-refractivity contribution in [3.63, 3.8) is 0 Å². The Morgan fingerprint density at radius 2 is 1.33 bits per heavy atom. The van der Waals surface area contributed by atoms with Gasteiger partial charge in [-0.3, -0.25) is 19.2 Å². The fourth-order valence-corrected chi connectivity index (χ4v) is 4.73. The van der Waals surface area contributed by atoms with Crippen LogP contribution in [0.1, 0.15) is 25.7 Å². The standard InChI is InChI=1S/C20H36N4O12/c21-1-3-33-11-12(23)20(19(9-15(29)30,10-16(31)32)35-5-6-36-20)17(24)18(7-13(25)26,8-14(27)28)34-4-2-22/h12,17H,1-11,21-24H2,(H,25,26)(H,27,28)(H,29,30)(H,31,32). The molecule has 1 rings (SSSR count). The predicted octanol–water partition coefficient (Wildman–Crippen LogP) is -3.25. The Balaban J connectivity index is 3.95. The Labute approximate surface area is 206 Å². The van der Waals surface area contributed by atoms with Crippen molar-refractivity contribution in [2.75, 3.05) is 46.1 Å². The summed E-state index contributed by atoms with van der Waals surface area (Å²) in [6.07, 6.45) is -3.94. The highest BCUT2D eigenvalue weighted by Crippen LogP contribution is 2.47. The van der Waals surface area contributed by atoms with Gasteiger partial charge in [-0.1, -0.05) is 0 Å². The maximum absolute atomic E-state index is 11.9. The van der Waals surface area contributed by atoms with Crippen molar-refractivity contribution in [1.29, 1.82) is 0 Å². The number of ether oxygens (including phenoxy) is 4. The Kier molecular flexibility index (Phi) is 12.1. The van der Waals surface area contributed by atoms with E-state index in [4.69, 9.17) is 41.9 Å². The zero-order chi connectivity index (χ0) is 27.6. The molecular formula is C20H36N4O12. The minimum absolute atomic E-state index is 0.00377. The van der Waals surface area contributed by atoms with E-state index in [9.17, 15) is 39.6 Å². The lowest BCUT2D eigenvalue weighted by atomic mass is 9.63. The van der Waals surface area contributed by atoms with Crippen molar-refractivity contribution in [1.82, 2.24) is 0 Å². The number of aliphatic carboxylic acids is 4. The van der Waals surface area contributed by atoms with Crippen LogP contribution in [0.2, 0.25) is 0 Å². The average Bonchev–Trinajstić information content (AvgIpc) is 2.75. The summed E-state index contributed by atoms with van der Waals surface area (Å²) in [5.74, 6) is -6.02. The van der Waals surface area contributed by atoms with Crippen LogP contribution in [0.15, 0.2) is 0 Å². The number of hydrogen-bond donors (Lipinski definition) is 8. The van der Waals surface area contributed by atoms with Gasteiger partial charge in [0.15, 0.2) is 0 Å². The topological polar surface area (TPSA) is 290 Å². The molecule has 0 aromatic rings. The third kappa shape index (κ3) is 7.30. The summed E-state index contributed by atoms with van der Waals surface area (Å²) in [5, 5.41) is 38.7. The second-order valence-corrected chi connectivity index (χ2v) is 8.42.